The van der Waals surface area contributed by atoms with Gasteiger partial charge in [-0.3, -0.25) is 0 Å². The van der Waals surface area contributed by atoms with Crippen molar-refractivity contribution in [2.75, 3.05) is 13.1 Å². The van der Waals surface area contributed by atoms with E-state index in [2.05, 4.69) is 29.8 Å². The first kappa shape index (κ1) is 20.1. The number of nitrogens with zero attached hydrogens (tertiary/aromatic N) is 4. The van der Waals surface area contributed by atoms with Crippen LogP contribution in [0, 0.1) is 5.82 Å². The standard InChI is InChI=1S/C23H28ClFN4/c1-3-5-17-7-4-6-16(2)22(27-14-17)28-12-9-18(10-13-28)29-15-20(25)21-19(24)8-11-26-23(21)29/h7-8,11,14-15,18H,3-6,9-10,12-13H2,1-2H3/b17-7-,22-16?,27-14-. The quantitative estimate of drug-likeness (QED) is 0.589. The average molecular weight is 415 g/mol. The second kappa shape index (κ2) is 8.70. The number of aliphatic imine (C=N–C) groups is 1. The van der Waals surface area contributed by atoms with Crippen molar-refractivity contribution >= 4 is 28.8 Å². The van der Waals surface area contributed by atoms with Crippen LogP contribution in [0.2, 0.25) is 5.02 Å². The predicted molar refractivity (Wildman–Crippen MR) is 118 cm³/mol. The van der Waals surface area contributed by atoms with Crippen LogP contribution in [0.5, 0.6) is 0 Å². The van der Waals surface area contributed by atoms with Gasteiger partial charge in [-0.1, -0.05) is 31.0 Å². The van der Waals surface area contributed by atoms with Gasteiger partial charge in [0.05, 0.1) is 10.4 Å². The summed E-state index contributed by atoms with van der Waals surface area (Å²) in [5.74, 6) is 0.828. The molecule has 1 saturated heterocycles. The van der Waals surface area contributed by atoms with Crippen molar-refractivity contribution < 1.29 is 4.39 Å². The molecule has 0 aliphatic carbocycles. The van der Waals surface area contributed by atoms with Crippen molar-refractivity contribution in [3.8, 4) is 0 Å². The molecule has 2 aromatic heterocycles. The lowest BCUT2D eigenvalue weighted by atomic mass is 10.0. The molecule has 4 nitrogen and oxygen atoms in total. The van der Waals surface area contributed by atoms with E-state index in [1.54, 1.807) is 18.5 Å². The van der Waals surface area contributed by atoms with Crippen LogP contribution < -0.4 is 0 Å². The molecule has 0 spiro atoms. The molecule has 6 heteroatoms. The van der Waals surface area contributed by atoms with E-state index < -0.39 is 0 Å². The Hall–Kier alpha value is -2.14. The lowest BCUT2D eigenvalue weighted by Gasteiger charge is -2.35. The Labute approximate surface area is 176 Å². The first-order valence-corrected chi connectivity index (χ1v) is 10.9. The molecule has 2 aromatic rings. The Morgan fingerprint density at radius 1 is 1.28 bits per heavy atom. The second-order valence-electron chi connectivity index (χ2n) is 8.02. The maximum absolute atomic E-state index is 14.4. The number of piperidine rings is 1. The summed E-state index contributed by atoms with van der Waals surface area (Å²) in [4.78, 5) is 11.6. The summed E-state index contributed by atoms with van der Waals surface area (Å²) in [5, 5.41) is 0.847. The fraction of sp³-hybridized carbons (Fsp3) is 0.478. The number of aromatic nitrogens is 2. The highest BCUT2D eigenvalue weighted by molar-refractivity contribution is 6.35. The van der Waals surface area contributed by atoms with Gasteiger partial charge in [0.1, 0.15) is 11.5 Å². The van der Waals surface area contributed by atoms with E-state index in [9.17, 15) is 4.39 Å². The Morgan fingerprint density at radius 3 is 2.83 bits per heavy atom. The SMILES string of the molecule is CCCC1=C/CCC(C)=C(N2CCC(n3cc(F)c4c(Cl)ccnc43)CC2)/N=C\1. The minimum Gasteiger partial charge on any atom is -0.357 e. The van der Waals surface area contributed by atoms with E-state index >= 15 is 0 Å². The first-order chi connectivity index (χ1) is 14.1. The van der Waals surface area contributed by atoms with Crippen molar-refractivity contribution in [2.45, 2.75) is 58.4 Å². The summed E-state index contributed by atoms with van der Waals surface area (Å²) >= 11 is 6.19. The number of rotatable bonds is 4. The molecule has 4 rings (SSSR count). The molecular formula is C23H28ClFN4. The van der Waals surface area contributed by atoms with Gasteiger partial charge in [0.15, 0.2) is 5.82 Å². The molecule has 0 saturated carbocycles. The number of pyridine rings is 1. The van der Waals surface area contributed by atoms with Crippen molar-refractivity contribution in [2.24, 2.45) is 4.99 Å². The molecular weight excluding hydrogens is 387 g/mol. The molecule has 0 atom stereocenters. The van der Waals surface area contributed by atoms with E-state index in [0.717, 1.165) is 57.4 Å². The third kappa shape index (κ3) is 4.11. The van der Waals surface area contributed by atoms with Crippen molar-refractivity contribution in [3.63, 3.8) is 0 Å². The van der Waals surface area contributed by atoms with Gasteiger partial charge in [0, 0.05) is 37.7 Å². The normalized spacial score (nSPS) is 21.8. The molecule has 0 N–H and O–H groups in total. The summed E-state index contributed by atoms with van der Waals surface area (Å²) in [5.41, 5.74) is 3.32. The molecule has 1 fully saturated rings. The number of hydrogen-bond donors (Lipinski definition) is 0. The molecule has 2 aliphatic rings. The Balaban J connectivity index is 1.51. The number of fused-ring (bicyclic) bond motifs is 1. The van der Waals surface area contributed by atoms with E-state index in [-0.39, 0.29) is 11.9 Å². The zero-order chi connectivity index (χ0) is 20.4. The Morgan fingerprint density at radius 2 is 2.07 bits per heavy atom. The Bertz CT molecular complexity index is 980. The number of hydrogen-bond acceptors (Lipinski definition) is 3. The number of allylic oxidation sites excluding steroid dienone is 3. The third-order valence-corrected chi connectivity index (χ3v) is 6.29. The number of likely N-dealkylation sites (tertiary alicyclic amines) is 1. The van der Waals surface area contributed by atoms with Crippen LogP contribution in [-0.4, -0.2) is 33.8 Å². The molecule has 0 aromatic carbocycles. The zero-order valence-electron chi connectivity index (χ0n) is 17.2. The zero-order valence-corrected chi connectivity index (χ0v) is 17.9. The maximum Gasteiger partial charge on any atom is 0.151 e. The minimum absolute atomic E-state index is 0.221. The number of halogens is 2. The first-order valence-electron chi connectivity index (χ1n) is 10.6. The average Bonchev–Trinajstić information content (AvgIpc) is 3.05. The van der Waals surface area contributed by atoms with Crippen LogP contribution in [0.15, 0.2) is 46.5 Å². The molecule has 2 aliphatic heterocycles. The largest absolute Gasteiger partial charge is 0.357 e. The topological polar surface area (TPSA) is 33.4 Å². The summed E-state index contributed by atoms with van der Waals surface area (Å²) in [6.45, 7) is 6.21. The maximum atomic E-state index is 14.4. The lowest BCUT2D eigenvalue weighted by molar-refractivity contribution is 0.226. The minimum atomic E-state index is -0.293. The third-order valence-electron chi connectivity index (χ3n) is 5.97. The fourth-order valence-corrected chi connectivity index (χ4v) is 4.66. The lowest BCUT2D eigenvalue weighted by Crippen LogP contribution is -2.34. The molecule has 4 heterocycles. The highest BCUT2D eigenvalue weighted by atomic mass is 35.5. The van der Waals surface area contributed by atoms with Gasteiger partial charge in [-0.25, -0.2) is 14.4 Å². The van der Waals surface area contributed by atoms with Gasteiger partial charge >= 0.3 is 0 Å². The van der Waals surface area contributed by atoms with Gasteiger partial charge in [0.25, 0.3) is 0 Å². The van der Waals surface area contributed by atoms with Crippen LogP contribution in [0.25, 0.3) is 11.0 Å². The smallest absolute Gasteiger partial charge is 0.151 e. The fourth-order valence-electron chi connectivity index (χ4n) is 4.43. The predicted octanol–water partition coefficient (Wildman–Crippen LogP) is 6.29. The van der Waals surface area contributed by atoms with Gasteiger partial charge < -0.3 is 9.47 Å². The van der Waals surface area contributed by atoms with Gasteiger partial charge in [0.2, 0.25) is 0 Å². The Kier molecular flexibility index (Phi) is 6.04. The van der Waals surface area contributed by atoms with Crippen LogP contribution in [0.1, 0.15) is 58.4 Å². The molecule has 0 unspecified atom stereocenters. The highest BCUT2D eigenvalue weighted by Gasteiger charge is 2.25. The molecule has 29 heavy (non-hydrogen) atoms. The van der Waals surface area contributed by atoms with Crippen molar-refractivity contribution in [1.82, 2.24) is 14.5 Å². The summed E-state index contributed by atoms with van der Waals surface area (Å²) in [6, 6.07) is 1.86. The van der Waals surface area contributed by atoms with E-state index in [1.807, 2.05) is 10.8 Å². The van der Waals surface area contributed by atoms with Gasteiger partial charge in [-0.15, -0.1) is 0 Å². The van der Waals surface area contributed by atoms with Crippen molar-refractivity contribution in [3.05, 3.63) is 52.3 Å². The van der Waals surface area contributed by atoms with Crippen LogP contribution in [0.4, 0.5) is 4.39 Å². The van der Waals surface area contributed by atoms with E-state index in [0.29, 0.717) is 16.1 Å². The van der Waals surface area contributed by atoms with E-state index in [1.165, 1.54) is 11.1 Å². The van der Waals surface area contributed by atoms with Gasteiger partial charge in [-0.2, -0.15) is 0 Å². The van der Waals surface area contributed by atoms with Crippen LogP contribution >= 0.6 is 11.6 Å². The molecule has 154 valence electrons. The summed E-state index contributed by atoms with van der Waals surface area (Å²) in [6.07, 6.45) is 13.8. The van der Waals surface area contributed by atoms with Crippen LogP contribution in [-0.2, 0) is 0 Å². The summed E-state index contributed by atoms with van der Waals surface area (Å²) in [7, 11) is 0. The van der Waals surface area contributed by atoms with Crippen molar-refractivity contribution in [1.29, 1.82) is 0 Å². The van der Waals surface area contributed by atoms with E-state index in [4.69, 9.17) is 16.6 Å². The second-order valence-corrected chi connectivity index (χ2v) is 8.43. The van der Waals surface area contributed by atoms with Crippen LogP contribution in [0.3, 0.4) is 0 Å². The molecule has 0 bridgehead atoms. The van der Waals surface area contributed by atoms with Gasteiger partial charge in [-0.05, 0) is 56.2 Å². The monoisotopic (exact) mass is 414 g/mol. The summed E-state index contributed by atoms with van der Waals surface area (Å²) < 4.78 is 16.4. The molecule has 0 radical (unpaired) electrons. The molecule has 0 amide bonds. The highest BCUT2D eigenvalue weighted by Crippen LogP contribution is 2.33.